The van der Waals surface area contributed by atoms with E-state index in [2.05, 4.69) is 33.8 Å². The minimum absolute atomic E-state index is 0.362. The second-order valence-corrected chi connectivity index (χ2v) is 4.34. The van der Waals surface area contributed by atoms with Gasteiger partial charge in [0, 0.05) is 20.6 Å². The van der Waals surface area contributed by atoms with Crippen LogP contribution in [0.15, 0.2) is 12.7 Å². The number of hydrogen-bond acceptors (Lipinski definition) is 6. The normalized spacial score (nSPS) is 10.1. The van der Waals surface area contributed by atoms with Crippen molar-refractivity contribution in [2.75, 3.05) is 37.5 Å². The first-order valence-electron chi connectivity index (χ1n) is 6.58. The van der Waals surface area contributed by atoms with E-state index in [4.69, 9.17) is 4.74 Å². The van der Waals surface area contributed by atoms with Gasteiger partial charge in [-0.3, -0.25) is 0 Å². The smallest absolute Gasteiger partial charge is 0.323 e. The summed E-state index contributed by atoms with van der Waals surface area (Å²) in [5, 5.41) is 3.15. The summed E-state index contributed by atoms with van der Waals surface area (Å²) in [5.74, 6) is 1.14. The molecule has 19 heavy (non-hydrogen) atoms. The number of allylic oxidation sites excluding steroid dienone is 1. The number of aromatic nitrogens is 3. The van der Waals surface area contributed by atoms with Crippen molar-refractivity contribution in [3.8, 4) is 6.01 Å². The zero-order chi connectivity index (χ0) is 14.1. The third kappa shape index (κ3) is 5.54. The molecule has 1 heterocycles. The van der Waals surface area contributed by atoms with E-state index in [0.29, 0.717) is 24.5 Å². The number of hydrogen-bond donors (Lipinski definition) is 1. The lowest BCUT2D eigenvalue weighted by molar-refractivity contribution is 0.287. The lowest BCUT2D eigenvalue weighted by atomic mass is 10.3. The Bertz CT molecular complexity index is 395. The van der Waals surface area contributed by atoms with Gasteiger partial charge in [0.2, 0.25) is 11.9 Å². The van der Waals surface area contributed by atoms with Crippen LogP contribution in [0.25, 0.3) is 0 Å². The molecular formula is C13H23N5O. The number of unbranched alkanes of at least 4 members (excludes halogenated alkanes) is 1. The van der Waals surface area contributed by atoms with E-state index in [-0.39, 0.29) is 0 Å². The largest absolute Gasteiger partial charge is 0.463 e. The third-order valence-electron chi connectivity index (χ3n) is 2.32. The van der Waals surface area contributed by atoms with E-state index in [1.165, 1.54) is 0 Å². The highest BCUT2D eigenvalue weighted by Gasteiger charge is 2.08. The van der Waals surface area contributed by atoms with Crippen LogP contribution in [0.4, 0.5) is 11.9 Å². The van der Waals surface area contributed by atoms with Crippen LogP contribution in [0, 0.1) is 0 Å². The Hall–Kier alpha value is -1.85. The number of nitrogens with zero attached hydrogens (tertiary/aromatic N) is 4. The quantitative estimate of drug-likeness (QED) is 0.545. The average Bonchev–Trinajstić information content (AvgIpc) is 2.41. The van der Waals surface area contributed by atoms with Gasteiger partial charge >= 0.3 is 6.01 Å². The lowest BCUT2D eigenvalue weighted by Crippen LogP contribution is -2.16. The molecule has 0 atom stereocenters. The van der Waals surface area contributed by atoms with Crippen molar-refractivity contribution in [2.24, 2.45) is 0 Å². The van der Waals surface area contributed by atoms with Crippen molar-refractivity contribution in [3.63, 3.8) is 0 Å². The van der Waals surface area contributed by atoms with Gasteiger partial charge in [-0.1, -0.05) is 13.0 Å². The minimum atomic E-state index is 0.362. The van der Waals surface area contributed by atoms with E-state index in [1.807, 2.05) is 25.1 Å². The van der Waals surface area contributed by atoms with Gasteiger partial charge in [0.25, 0.3) is 0 Å². The second kappa shape index (κ2) is 8.29. The average molecular weight is 265 g/mol. The molecular weight excluding hydrogens is 242 g/mol. The highest BCUT2D eigenvalue weighted by molar-refractivity contribution is 5.36. The first-order chi connectivity index (χ1) is 9.17. The monoisotopic (exact) mass is 265 g/mol. The van der Waals surface area contributed by atoms with E-state index in [1.54, 1.807) is 0 Å². The highest BCUT2D eigenvalue weighted by atomic mass is 16.5. The number of nitrogens with one attached hydrogen (secondary N) is 1. The maximum Gasteiger partial charge on any atom is 0.323 e. The van der Waals surface area contributed by atoms with E-state index in [9.17, 15) is 0 Å². The van der Waals surface area contributed by atoms with Crippen LogP contribution in [-0.2, 0) is 0 Å². The predicted octanol–water partition coefficient (Wildman–Crippen LogP) is 2.10. The molecule has 1 rings (SSSR count). The molecule has 0 radical (unpaired) electrons. The van der Waals surface area contributed by atoms with E-state index >= 15 is 0 Å². The van der Waals surface area contributed by atoms with Crippen molar-refractivity contribution >= 4 is 11.9 Å². The summed E-state index contributed by atoms with van der Waals surface area (Å²) in [7, 11) is 3.78. The summed E-state index contributed by atoms with van der Waals surface area (Å²) < 4.78 is 5.54. The van der Waals surface area contributed by atoms with Crippen LogP contribution in [-0.4, -0.2) is 42.2 Å². The fourth-order valence-electron chi connectivity index (χ4n) is 1.32. The van der Waals surface area contributed by atoms with Crippen molar-refractivity contribution in [1.82, 2.24) is 15.0 Å². The molecule has 0 aliphatic carbocycles. The fourth-order valence-corrected chi connectivity index (χ4v) is 1.32. The summed E-state index contributed by atoms with van der Waals surface area (Å²) in [6.45, 7) is 7.17. The molecule has 6 nitrogen and oxygen atoms in total. The van der Waals surface area contributed by atoms with E-state index in [0.717, 1.165) is 25.8 Å². The summed E-state index contributed by atoms with van der Waals surface area (Å²) >= 11 is 0. The van der Waals surface area contributed by atoms with Gasteiger partial charge in [-0.25, -0.2) is 0 Å². The molecule has 0 saturated heterocycles. The van der Waals surface area contributed by atoms with Gasteiger partial charge in [0.05, 0.1) is 6.61 Å². The molecule has 0 saturated carbocycles. The summed E-state index contributed by atoms with van der Waals surface area (Å²) in [6.07, 6.45) is 4.71. The van der Waals surface area contributed by atoms with Crippen LogP contribution in [0.3, 0.4) is 0 Å². The standard InChI is InChI=1S/C13H23N5O/c1-5-7-8-10-19-13-16-11(14-9-6-2)15-12(17-13)18(3)4/h5H,1,6-10H2,2-4H3,(H,14,15,16,17). The molecule has 0 unspecified atom stereocenters. The molecule has 0 spiro atoms. The number of anilines is 2. The SMILES string of the molecule is C=CCCCOc1nc(NCCC)nc(N(C)C)n1. The Kier molecular flexibility index (Phi) is 6.63. The Morgan fingerprint density at radius 1 is 1.32 bits per heavy atom. The first-order valence-corrected chi connectivity index (χ1v) is 6.58. The fraction of sp³-hybridized carbons (Fsp3) is 0.615. The Morgan fingerprint density at radius 2 is 2.11 bits per heavy atom. The van der Waals surface area contributed by atoms with Crippen molar-refractivity contribution < 1.29 is 4.74 Å². The van der Waals surface area contributed by atoms with Crippen LogP contribution in [0.1, 0.15) is 26.2 Å². The highest BCUT2D eigenvalue weighted by Crippen LogP contribution is 2.13. The van der Waals surface area contributed by atoms with Gasteiger partial charge in [0.15, 0.2) is 0 Å². The summed E-state index contributed by atoms with van der Waals surface area (Å²) in [4.78, 5) is 14.6. The van der Waals surface area contributed by atoms with Crippen LogP contribution < -0.4 is 15.0 Å². The Morgan fingerprint density at radius 3 is 2.74 bits per heavy atom. The van der Waals surface area contributed by atoms with Crippen molar-refractivity contribution in [2.45, 2.75) is 26.2 Å². The second-order valence-electron chi connectivity index (χ2n) is 4.34. The van der Waals surface area contributed by atoms with Gasteiger partial charge in [-0.05, 0) is 19.3 Å². The zero-order valence-corrected chi connectivity index (χ0v) is 12.0. The predicted molar refractivity (Wildman–Crippen MR) is 77.9 cm³/mol. The number of rotatable bonds is 9. The number of ether oxygens (including phenoxy) is 1. The zero-order valence-electron chi connectivity index (χ0n) is 12.0. The topological polar surface area (TPSA) is 63.2 Å². The van der Waals surface area contributed by atoms with Gasteiger partial charge in [-0.15, -0.1) is 6.58 Å². The molecule has 0 amide bonds. The molecule has 1 aromatic heterocycles. The molecule has 0 aromatic carbocycles. The molecule has 1 N–H and O–H groups in total. The lowest BCUT2D eigenvalue weighted by Gasteiger charge is -2.13. The molecule has 0 bridgehead atoms. The minimum Gasteiger partial charge on any atom is -0.463 e. The Balaban J connectivity index is 2.71. The van der Waals surface area contributed by atoms with Crippen molar-refractivity contribution in [3.05, 3.63) is 12.7 Å². The third-order valence-corrected chi connectivity index (χ3v) is 2.32. The Labute approximate surface area is 114 Å². The molecule has 0 aliphatic rings. The van der Waals surface area contributed by atoms with Crippen LogP contribution >= 0.6 is 0 Å². The van der Waals surface area contributed by atoms with Crippen molar-refractivity contribution in [1.29, 1.82) is 0 Å². The maximum atomic E-state index is 5.54. The van der Waals surface area contributed by atoms with Crippen LogP contribution in [0.2, 0.25) is 0 Å². The molecule has 6 heteroatoms. The van der Waals surface area contributed by atoms with Crippen LogP contribution in [0.5, 0.6) is 6.01 Å². The maximum absolute atomic E-state index is 5.54. The molecule has 0 fully saturated rings. The summed E-state index contributed by atoms with van der Waals surface area (Å²) in [5.41, 5.74) is 0. The first kappa shape index (κ1) is 15.2. The van der Waals surface area contributed by atoms with Gasteiger partial charge < -0.3 is 15.0 Å². The summed E-state index contributed by atoms with van der Waals surface area (Å²) in [6, 6.07) is 0.362. The molecule has 1 aromatic rings. The molecule has 0 aliphatic heterocycles. The van der Waals surface area contributed by atoms with Gasteiger partial charge in [0.1, 0.15) is 0 Å². The molecule has 106 valence electrons. The van der Waals surface area contributed by atoms with E-state index < -0.39 is 0 Å². The van der Waals surface area contributed by atoms with Gasteiger partial charge in [-0.2, -0.15) is 15.0 Å².